The number of halogens is 1. The highest BCUT2D eigenvalue weighted by atomic mass is 35.5. The van der Waals surface area contributed by atoms with Crippen molar-refractivity contribution in [2.45, 2.75) is 13.0 Å². The summed E-state index contributed by atoms with van der Waals surface area (Å²) >= 11 is 12.8. The minimum absolute atomic E-state index is 0.617. The maximum atomic E-state index is 5.94. The SMILES string of the molecule is S=c1[nH]nc(-c2cccnc2)n1CCc1ccc(Cl)s1. The minimum Gasteiger partial charge on any atom is -0.300 e. The van der Waals surface area contributed by atoms with E-state index < -0.39 is 0 Å². The first-order chi connectivity index (χ1) is 9.74. The molecule has 1 N–H and O–H groups in total. The van der Waals surface area contributed by atoms with Gasteiger partial charge in [0, 0.05) is 29.4 Å². The van der Waals surface area contributed by atoms with Crippen LogP contribution in [-0.2, 0) is 13.0 Å². The summed E-state index contributed by atoms with van der Waals surface area (Å²) in [5, 5.41) is 7.13. The van der Waals surface area contributed by atoms with E-state index in [1.165, 1.54) is 4.88 Å². The standard InChI is InChI=1S/C13H11ClN4S2/c14-11-4-3-10(20-11)5-7-18-12(16-17-13(18)19)9-2-1-6-15-8-9/h1-4,6,8H,5,7H2,(H,17,19). The Bertz CT molecular complexity index is 760. The number of hydrogen-bond acceptors (Lipinski definition) is 4. The van der Waals surface area contributed by atoms with Gasteiger partial charge in [0.1, 0.15) is 0 Å². The molecule has 3 aromatic heterocycles. The van der Waals surface area contributed by atoms with E-state index in [1.807, 2.05) is 28.8 Å². The second-order valence-corrected chi connectivity index (χ2v) is 6.39. The third-order valence-electron chi connectivity index (χ3n) is 2.89. The Hall–Kier alpha value is -1.50. The quantitative estimate of drug-likeness (QED) is 0.739. The zero-order chi connectivity index (χ0) is 13.9. The lowest BCUT2D eigenvalue weighted by Crippen LogP contribution is -2.03. The molecule has 0 bridgehead atoms. The van der Waals surface area contributed by atoms with Gasteiger partial charge in [0.15, 0.2) is 10.6 Å². The first-order valence-corrected chi connectivity index (χ1v) is 7.64. The third kappa shape index (κ3) is 2.82. The second-order valence-electron chi connectivity index (χ2n) is 4.20. The predicted molar refractivity (Wildman–Crippen MR) is 83.7 cm³/mol. The van der Waals surface area contributed by atoms with E-state index in [4.69, 9.17) is 23.8 Å². The molecule has 0 atom stereocenters. The molecule has 3 heterocycles. The Morgan fingerprint density at radius 3 is 2.95 bits per heavy atom. The summed E-state index contributed by atoms with van der Waals surface area (Å²) in [6.07, 6.45) is 4.39. The molecule has 0 radical (unpaired) electrons. The molecule has 0 aliphatic rings. The zero-order valence-corrected chi connectivity index (χ0v) is 12.8. The number of H-pyrrole nitrogens is 1. The lowest BCUT2D eigenvalue weighted by molar-refractivity contribution is 0.697. The van der Waals surface area contributed by atoms with Crippen LogP contribution in [-0.4, -0.2) is 19.7 Å². The summed E-state index contributed by atoms with van der Waals surface area (Å²) in [5.74, 6) is 0.811. The van der Waals surface area contributed by atoms with Crippen LogP contribution in [0.15, 0.2) is 36.7 Å². The van der Waals surface area contributed by atoms with Crippen molar-refractivity contribution in [1.82, 2.24) is 19.7 Å². The molecule has 7 heteroatoms. The molecule has 0 aromatic carbocycles. The Balaban J connectivity index is 1.86. The van der Waals surface area contributed by atoms with Gasteiger partial charge in [0.25, 0.3) is 0 Å². The van der Waals surface area contributed by atoms with Crippen molar-refractivity contribution in [3.8, 4) is 11.4 Å². The summed E-state index contributed by atoms with van der Waals surface area (Å²) < 4.78 is 3.41. The first-order valence-electron chi connectivity index (χ1n) is 6.04. The molecule has 3 aromatic rings. The minimum atomic E-state index is 0.617. The number of aromatic nitrogens is 4. The molecule has 0 saturated heterocycles. The fourth-order valence-electron chi connectivity index (χ4n) is 1.95. The van der Waals surface area contributed by atoms with E-state index >= 15 is 0 Å². The van der Waals surface area contributed by atoms with Crippen molar-refractivity contribution in [2.75, 3.05) is 0 Å². The van der Waals surface area contributed by atoms with Crippen molar-refractivity contribution >= 4 is 35.2 Å². The summed E-state index contributed by atoms with van der Waals surface area (Å²) in [4.78, 5) is 5.35. The number of aromatic amines is 1. The molecule has 3 rings (SSSR count). The largest absolute Gasteiger partial charge is 0.300 e. The Labute approximate surface area is 130 Å². The van der Waals surface area contributed by atoms with Crippen LogP contribution in [0.1, 0.15) is 4.88 Å². The van der Waals surface area contributed by atoms with E-state index in [-0.39, 0.29) is 0 Å². The number of aryl methyl sites for hydroxylation is 1. The van der Waals surface area contributed by atoms with Gasteiger partial charge in [0.05, 0.1) is 4.34 Å². The number of hydrogen-bond donors (Lipinski definition) is 1. The first kappa shape index (κ1) is 13.5. The van der Waals surface area contributed by atoms with Gasteiger partial charge in [-0.3, -0.25) is 14.6 Å². The highest BCUT2D eigenvalue weighted by Gasteiger charge is 2.09. The lowest BCUT2D eigenvalue weighted by Gasteiger charge is -2.05. The molecule has 4 nitrogen and oxygen atoms in total. The van der Waals surface area contributed by atoms with E-state index in [0.29, 0.717) is 4.77 Å². The van der Waals surface area contributed by atoms with Crippen LogP contribution in [0.25, 0.3) is 11.4 Å². The molecule has 0 aliphatic carbocycles. The van der Waals surface area contributed by atoms with Crippen molar-refractivity contribution in [3.63, 3.8) is 0 Å². The average molecular weight is 323 g/mol. The summed E-state index contributed by atoms with van der Waals surface area (Å²) in [5.41, 5.74) is 0.948. The van der Waals surface area contributed by atoms with Crippen LogP contribution < -0.4 is 0 Å². The molecular weight excluding hydrogens is 312 g/mol. The highest BCUT2D eigenvalue weighted by molar-refractivity contribution is 7.71. The number of nitrogens with zero attached hydrogens (tertiary/aromatic N) is 3. The second kappa shape index (κ2) is 5.87. The van der Waals surface area contributed by atoms with Crippen molar-refractivity contribution in [1.29, 1.82) is 0 Å². The maximum Gasteiger partial charge on any atom is 0.195 e. The van der Waals surface area contributed by atoms with E-state index in [1.54, 1.807) is 23.7 Å². The molecule has 102 valence electrons. The highest BCUT2D eigenvalue weighted by Crippen LogP contribution is 2.23. The molecule has 0 aliphatic heterocycles. The number of nitrogens with one attached hydrogen (secondary N) is 1. The van der Waals surface area contributed by atoms with E-state index in [0.717, 1.165) is 28.7 Å². The van der Waals surface area contributed by atoms with Crippen molar-refractivity contribution in [3.05, 3.63) is 50.6 Å². The van der Waals surface area contributed by atoms with Crippen LogP contribution in [0.5, 0.6) is 0 Å². The zero-order valence-electron chi connectivity index (χ0n) is 10.4. The van der Waals surface area contributed by atoms with Crippen molar-refractivity contribution < 1.29 is 0 Å². The Morgan fingerprint density at radius 1 is 1.35 bits per heavy atom. The van der Waals surface area contributed by atoms with E-state index in [9.17, 15) is 0 Å². The van der Waals surface area contributed by atoms with Gasteiger partial charge in [-0.25, -0.2) is 0 Å². The maximum absolute atomic E-state index is 5.94. The van der Waals surface area contributed by atoms with Gasteiger partial charge in [-0.05, 0) is 42.9 Å². The summed E-state index contributed by atoms with van der Waals surface area (Å²) in [6, 6.07) is 7.81. The van der Waals surface area contributed by atoms with Crippen molar-refractivity contribution in [2.24, 2.45) is 0 Å². The lowest BCUT2D eigenvalue weighted by atomic mass is 10.2. The summed E-state index contributed by atoms with van der Waals surface area (Å²) in [6.45, 7) is 0.760. The fraction of sp³-hybridized carbons (Fsp3) is 0.154. The number of thiophene rings is 1. The summed E-state index contributed by atoms with van der Waals surface area (Å²) in [7, 11) is 0. The van der Waals surface area contributed by atoms with Gasteiger partial charge in [-0.15, -0.1) is 11.3 Å². The molecule has 0 amide bonds. The van der Waals surface area contributed by atoms with Gasteiger partial charge in [-0.1, -0.05) is 11.6 Å². The third-order valence-corrected chi connectivity index (χ3v) is 4.49. The Morgan fingerprint density at radius 2 is 2.25 bits per heavy atom. The van der Waals surface area contributed by atoms with Crippen LogP contribution in [0, 0.1) is 4.77 Å². The predicted octanol–water partition coefficient (Wildman–Crippen LogP) is 3.96. The molecule has 0 unspecified atom stereocenters. The topological polar surface area (TPSA) is 46.5 Å². The van der Waals surface area contributed by atoms with Crippen LogP contribution in [0.2, 0.25) is 4.34 Å². The van der Waals surface area contributed by atoms with Gasteiger partial charge in [0.2, 0.25) is 0 Å². The smallest absolute Gasteiger partial charge is 0.195 e. The molecule has 0 fully saturated rings. The number of rotatable bonds is 4. The van der Waals surface area contributed by atoms with Gasteiger partial charge < -0.3 is 0 Å². The molecule has 0 spiro atoms. The fourth-order valence-corrected chi connectivity index (χ4v) is 3.25. The molecule has 20 heavy (non-hydrogen) atoms. The normalized spacial score (nSPS) is 10.8. The Kier molecular flexibility index (Phi) is 3.95. The van der Waals surface area contributed by atoms with E-state index in [2.05, 4.69) is 15.2 Å². The van der Waals surface area contributed by atoms with Crippen LogP contribution in [0.3, 0.4) is 0 Å². The van der Waals surface area contributed by atoms with Crippen LogP contribution >= 0.6 is 35.2 Å². The molecular formula is C13H11ClN4S2. The van der Waals surface area contributed by atoms with Crippen LogP contribution in [0.4, 0.5) is 0 Å². The number of pyridine rings is 1. The van der Waals surface area contributed by atoms with Gasteiger partial charge >= 0.3 is 0 Å². The molecule has 0 saturated carbocycles. The van der Waals surface area contributed by atoms with Gasteiger partial charge in [-0.2, -0.15) is 5.10 Å². The average Bonchev–Trinajstić information content (AvgIpc) is 3.04. The monoisotopic (exact) mass is 322 g/mol.